The lowest BCUT2D eigenvalue weighted by Crippen LogP contribution is -2.41. The maximum Gasteiger partial charge on any atom is 0.277 e. The number of amides is 1. The van der Waals surface area contributed by atoms with E-state index in [0.29, 0.717) is 31.6 Å². The van der Waals surface area contributed by atoms with Crippen LogP contribution in [0.1, 0.15) is 52.0 Å². The average molecular weight is 402 g/mol. The third kappa shape index (κ3) is 3.59. The van der Waals surface area contributed by atoms with E-state index in [1.807, 2.05) is 30.3 Å². The predicted octanol–water partition coefficient (Wildman–Crippen LogP) is 4.32. The van der Waals surface area contributed by atoms with E-state index in [4.69, 9.17) is 9.72 Å². The van der Waals surface area contributed by atoms with Crippen molar-refractivity contribution in [3.05, 3.63) is 76.5 Å². The van der Waals surface area contributed by atoms with Crippen LogP contribution >= 0.6 is 0 Å². The molecule has 1 amide bonds. The molecule has 0 spiro atoms. The summed E-state index contributed by atoms with van der Waals surface area (Å²) < 4.78 is 5.32. The summed E-state index contributed by atoms with van der Waals surface area (Å²) in [6.07, 6.45) is 5.46. The molecule has 1 aliphatic carbocycles. The number of hydrogen-bond donors (Lipinski definition) is 1. The summed E-state index contributed by atoms with van der Waals surface area (Å²) >= 11 is 0. The Morgan fingerprint density at radius 2 is 1.83 bits per heavy atom. The number of carbonyl (C=O) groups is 1. The fourth-order valence-corrected chi connectivity index (χ4v) is 4.71. The van der Waals surface area contributed by atoms with Gasteiger partial charge in [-0.15, -0.1) is 0 Å². The van der Waals surface area contributed by atoms with Crippen LogP contribution in [0.25, 0.3) is 10.9 Å². The Morgan fingerprint density at radius 3 is 2.63 bits per heavy atom. The maximum atomic E-state index is 12.7. The van der Waals surface area contributed by atoms with Gasteiger partial charge >= 0.3 is 0 Å². The van der Waals surface area contributed by atoms with Crippen LogP contribution in [0.4, 0.5) is 0 Å². The molecule has 5 rings (SSSR count). The number of ether oxygens (including phenoxy) is 1. The van der Waals surface area contributed by atoms with Crippen LogP contribution in [0.2, 0.25) is 0 Å². The van der Waals surface area contributed by atoms with Crippen LogP contribution in [0.15, 0.2) is 48.5 Å². The molecule has 0 bridgehead atoms. The van der Waals surface area contributed by atoms with Gasteiger partial charge in [0, 0.05) is 29.9 Å². The minimum Gasteiger partial charge on any atom is -0.381 e. The van der Waals surface area contributed by atoms with E-state index in [9.17, 15) is 10.0 Å². The molecule has 1 N–H and O–H groups in total. The number of benzene rings is 2. The highest BCUT2D eigenvalue weighted by Gasteiger charge is 2.25. The molecule has 154 valence electrons. The van der Waals surface area contributed by atoms with E-state index in [2.05, 4.69) is 18.2 Å². The van der Waals surface area contributed by atoms with Crippen molar-refractivity contribution in [1.82, 2.24) is 10.0 Å². The van der Waals surface area contributed by atoms with Crippen molar-refractivity contribution < 1.29 is 14.7 Å². The summed E-state index contributed by atoms with van der Waals surface area (Å²) in [5.74, 6) is -0.344. The van der Waals surface area contributed by atoms with E-state index >= 15 is 0 Å². The van der Waals surface area contributed by atoms with Crippen LogP contribution in [-0.4, -0.2) is 40.4 Å². The van der Waals surface area contributed by atoms with Crippen molar-refractivity contribution >= 4 is 16.8 Å². The fraction of sp³-hybridized carbons (Fsp3) is 0.360. The number of aryl methyl sites for hydroxylation is 1. The molecule has 2 heterocycles. The zero-order valence-corrected chi connectivity index (χ0v) is 17.0. The van der Waals surface area contributed by atoms with E-state index in [-0.39, 0.29) is 11.9 Å². The van der Waals surface area contributed by atoms with Gasteiger partial charge in [0.15, 0.2) is 0 Å². The molecule has 5 heteroatoms. The number of hydrogen-bond acceptors (Lipinski definition) is 4. The van der Waals surface area contributed by atoms with E-state index in [1.165, 1.54) is 22.2 Å². The first-order valence-corrected chi connectivity index (χ1v) is 10.8. The van der Waals surface area contributed by atoms with Gasteiger partial charge in [-0.1, -0.05) is 30.3 Å². The second-order valence-electron chi connectivity index (χ2n) is 8.25. The standard InChI is InChI=1S/C25H26N2O3/c28-25(27(29)19-12-14-30-15-13-19)18-10-8-17(9-11-18)16-22-20-4-1-2-6-23(20)26-24-7-3-5-21(22)24/h1-2,4,6,8-11,19,29H,3,5,7,12-16H2. The molecule has 1 aromatic heterocycles. The number of pyridine rings is 1. The summed E-state index contributed by atoms with van der Waals surface area (Å²) in [5.41, 5.74) is 6.73. The third-order valence-electron chi connectivity index (χ3n) is 6.36. The molecular formula is C25H26N2O3. The lowest BCUT2D eigenvalue weighted by molar-refractivity contribution is -0.112. The first-order valence-electron chi connectivity index (χ1n) is 10.8. The largest absolute Gasteiger partial charge is 0.381 e. The number of fused-ring (bicyclic) bond motifs is 2. The van der Waals surface area contributed by atoms with Crippen molar-refractivity contribution in [2.45, 2.75) is 44.6 Å². The molecule has 0 unspecified atom stereocenters. The van der Waals surface area contributed by atoms with Crippen LogP contribution in [-0.2, 0) is 24.0 Å². The highest BCUT2D eigenvalue weighted by atomic mass is 16.5. The lowest BCUT2D eigenvalue weighted by atomic mass is 9.94. The number of aromatic nitrogens is 1. The van der Waals surface area contributed by atoms with Crippen LogP contribution < -0.4 is 0 Å². The highest BCUT2D eigenvalue weighted by molar-refractivity contribution is 5.93. The normalized spacial score (nSPS) is 16.6. The lowest BCUT2D eigenvalue weighted by Gasteiger charge is -2.29. The number of para-hydroxylation sites is 1. The van der Waals surface area contributed by atoms with Gasteiger partial charge in [0.05, 0.1) is 11.6 Å². The number of hydroxylamine groups is 2. The topological polar surface area (TPSA) is 62.7 Å². The molecule has 5 nitrogen and oxygen atoms in total. The van der Waals surface area contributed by atoms with Crippen LogP contribution in [0, 0.1) is 0 Å². The third-order valence-corrected chi connectivity index (χ3v) is 6.36. The Morgan fingerprint density at radius 1 is 1.07 bits per heavy atom. The van der Waals surface area contributed by atoms with Gasteiger partial charge in [0.1, 0.15) is 0 Å². The van der Waals surface area contributed by atoms with E-state index in [0.717, 1.165) is 41.8 Å². The van der Waals surface area contributed by atoms with Crippen molar-refractivity contribution in [2.24, 2.45) is 0 Å². The monoisotopic (exact) mass is 402 g/mol. The van der Waals surface area contributed by atoms with Gasteiger partial charge in [0.25, 0.3) is 5.91 Å². The molecule has 1 saturated heterocycles. The summed E-state index contributed by atoms with van der Waals surface area (Å²) in [6, 6.07) is 15.8. The Balaban J connectivity index is 1.39. The number of carbonyl (C=O) groups excluding carboxylic acids is 1. The van der Waals surface area contributed by atoms with Crippen molar-refractivity contribution in [1.29, 1.82) is 0 Å². The molecule has 30 heavy (non-hydrogen) atoms. The fourth-order valence-electron chi connectivity index (χ4n) is 4.71. The molecule has 0 atom stereocenters. The minimum atomic E-state index is -0.344. The first kappa shape index (κ1) is 19.2. The molecule has 2 aromatic carbocycles. The Kier molecular flexibility index (Phi) is 5.23. The SMILES string of the molecule is O=C(c1ccc(Cc2c3c(nc4ccccc24)CCC3)cc1)N(O)C1CCOCC1. The predicted molar refractivity (Wildman–Crippen MR) is 115 cm³/mol. The smallest absolute Gasteiger partial charge is 0.277 e. The summed E-state index contributed by atoms with van der Waals surface area (Å²) in [6.45, 7) is 1.16. The molecule has 2 aliphatic rings. The second kappa shape index (κ2) is 8.17. The quantitative estimate of drug-likeness (QED) is 0.521. The van der Waals surface area contributed by atoms with Crippen LogP contribution in [0.5, 0.6) is 0 Å². The van der Waals surface area contributed by atoms with Crippen molar-refractivity contribution in [2.75, 3.05) is 13.2 Å². The molecular weight excluding hydrogens is 376 g/mol. The van der Waals surface area contributed by atoms with Crippen LogP contribution in [0.3, 0.4) is 0 Å². The Bertz CT molecular complexity index is 1070. The first-order chi connectivity index (χ1) is 14.7. The van der Waals surface area contributed by atoms with Gasteiger partial charge in [-0.05, 0) is 73.4 Å². The minimum absolute atomic E-state index is 0.170. The molecule has 0 radical (unpaired) electrons. The van der Waals surface area contributed by atoms with Gasteiger partial charge < -0.3 is 4.74 Å². The molecule has 3 aromatic rings. The molecule has 1 fully saturated rings. The second-order valence-corrected chi connectivity index (χ2v) is 8.25. The number of nitrogens with zero attached hydrogens (tertiary/aromatic N) is 2. The van der Waals surface area contributed by atoms with E-state index in [1.54, 1.807) is 0 Å². The highest BCUT2D eigenvalue weighted by Crippen LogP contribution is 2.31. The molecule has 1 aliphatic heterocycles. The Labute approximate surface area is 176 Å². The van der Waals surface area contributed by atoms with Crippen molar-refractivity contribution in [3.8, 4) is 0 Å². The van der Waals surface area contributed by atoms with Crippen molar-refractivity contribution in [3.63, 3.8) is 0 Å². The zero-order chi connectivity index (χ0) is 20.5. The average Bonchev–Trinajstić information content (AvgIpc) is 3.27. The number of rotatable bonds is 4. The van der Waals surface area contributed by atoms with E-state index < -0.39 is 0 Å². The van der Waals surface area contributed by atoms with Gasteiger partial charge in [-0.3, -0.25) is 15.0 Å². The molecule has 0 saturated carbocycles. The summed E-state index contributed by atoms with van der Waals surface area (Å²) in [5, 5.41) is 12.5. The van der Waals surface area contributed by atoms with Gasteiger partial charge in [-0.25, -0.2) is 5.06 Å². The van der Waals surface area contributed by atoms with Gasteiger partial charge in [-0.2, -0.15) is 0 Å². The summed E-state index contributed by atoms with van der Waals surface area (Å²) in [7, 11) is 0. The van der Waals surface area contributed by atoms with Gasteiger partial charge in [0.2, 0.25) is 0 Å². The maximum absolute atomic E-state index is 12.7. The summed E-state index contributed by atoms with van der Waals surface area (Å²) in [4.78, 5) is 17.5. The zero-order valence-electron chi connectivity index (χ0n) is 17.0. The Hall–Kier alpha value is -2.76.